The highest BCUT2D eigenvalue weighted by Crippen LogP contribution is 2.25. The van der Waals surface area contributed by atoms with Gasteiger partial charge in [-0.05, 0) is 6.07 Å². The van der Waals surface area contributed by atoms with Gasteiger partial charge in [-0.15, -0.1) is 0 Å². The molecular formula is C10H11O3. The van der Waals surface area contributed by atoms with Gasteiger partial charge >= 0.3 is 5.97 Å². The van der Waals surface area contributed by atoms with Crippen LogP contribution >= 0.6 is 0 Å². The predicted octanol–water partition coefficient (Wildman–Crippen LogP) is 1.81. The van der Waals surface area contributed by atoms with E-state index < -0.39 is 0 Å². The van der Waals surface area contributed by atoms with Gasteiger partial charge in [0, 0.05) is 12.5 Å². The molecule has 0 saturated carbocycles. The van der Waals surface area contributed by atoms with Crippen molar-refractivity contribution in [3.63, 3.8) is 0 Å². The molecule has 1 radical (unpaired) electrons. The molecule has 3 heteroatoms. The Morgan fingerprint density at radius 3 is 3.00 bits per heavy atom. The molecule has 1 rings (SSSR count). The average molecular weight is 179 g/mol. The number of para-hydroxylation sites is 1. The zero-order valence-corrected chi connectivity index (χ0v) is 7.66. The molecule has 1 aromatic rings. The van der Waals surface area contributed by atoms with Gasteiger partial charge in [-0.3, -0.25) is 4.79 Å². The molecule has 0 saturated heterocycles. The summed E-state index contributed by atoms with van der Waals surface area (Å²) in [4.78, 5) is 11.0. The number of rotatable bonds is 3. The van der Waals surface area contributed by atoms with Crippen LogP contribution in [-0.2, 0) is 4.79 Å². The van der Waals surface area contributed by atoms with Gasteiger partial charge in [-0.2, -0.15) is 0 Å². The smallest absolute Gasteiger partial charge is 0.311 e. The Balaban J connectivity index is 2.81. The molecule has 0 bridgehead atoms. The van der Waals surface area contributed by atoms with E-state index in [1.807, 2.05) is 0 Å². The number of methoxy groups -OCH3 is 1. The predicted molar refractivity (Wildman–Crippen MR) is 47.8 cm³/mol. The third kappa shape index (κ3) is 2.47. The molecule has 0 amide bonds. The van der Waals surface area contributed by atoms with Crippen molar-refractivity contribution in [2.45, 2.75) is 13.3 Å². The SMILES string of the molecule is CCC(=O)Oc1ccc[c]c1OC. The molecule has 69 valence electrons. The Labute approximate surface area is 77.3 Å². The van der Waals surface area contributed by atoms with Crippen molar-refractivity contribution in [2.24, 2.45) is 0 Å². The van der Waals surface area contributed by atoms with Crippen molar-refractivity contribution < 1.29 is 14.3 Å². The van der Waals surface area contributed by atoms with Gasteiger partial charge in [-0.1, -0.05) is 19.1 Å². The number of benzene rings is 1. The molecule has 1 aromatic carbocycles. The van der Waals surface area contributed by atoms with Gasteiger partial charge in [0.15, 0.2) is 11.5 Å². The minimum absolute atomic E-state index is 0.280. The summed E-state index contributed by atoms with van der Waals surface area (Å²) in [5.41, 5.74) is 0. The van der Waals surface area contributed by atoms with Crippen molar-refractivity contribution in [2.75, 3.05) is 7.11 Å². The first-order chi connectivity index (χ1) is 6.27. The van der Waals surface area contributed by atoms with Gasteiger partial charge < -0.3 is 9.47 Å². The summed E-state index contributed by atoms with van der Waals surface area (Å²) in [6.45, 7) is 1.74. The lowest BCUT2D eigenvalue weighted by atomic mass is 10.3. The molecule has 0 spiro atoms. The monoisotopic (exact) mass is 179 g/mol. The lowest BCUT2D eigenvalue weighted by Crippen LogP contribution is -2.06. The molecule has 0 heterocycles. The molecule has 0 N–H and O–H groups in total. The zero-order chi connectivity index (χ0) is 9.68. The lowest BCUT2D eigenvalue weighted by molar-refractivity contribution is -0.134. The maximum Gasteiger partial charge on any atom is 0.311 e. The molecule has 0 aliphatic rings. The van der Waals surface area contributed by atoms with Crippen LogP contribution in [0.1, 0.15) is 13.3 Å². The number of esters is 1. The van der Waals surface area contributed by atoms with E-state index in [-0.39, 0.29) is 5.97 Å². The van der Waals surface area contributed by atoms with Crippen LogP contribution in [0.3, 0.4) is 0 Å². The number of ether oxygens (including phenoxy) is 2. The van der Waals surface area contributed by atoms with Crippen LogP contribution < -0.4 is 9.47 Å². The van der Waals surface area contributed by atoms with E-state index in [9.17, 15) is 4.79 Å². The first kappa shape index (κ1) is 9.58. The number of hydrogen-bond donors (Lipinski definition) is 0. The Bertz CT molecular complexity index is 294. The average Bonchev–Trinajstić information content (AvgIpc) is 2.18. The van der Waals surface area contributed by atoms with Crippen LogP contribution in [0, 0.1) is 6.07 Å². The molecule has 3 nitrogen and oxygen atoms in total. The number of hydrogen-bond acceptors (Lipinski definition) is 3. The van der Waals surface area contributed by atoms with Crippen LogP contribution in [0.25, 0.3) is 0 Å². The normalized spacial score (nSPS) is 9.38. The second-order valence-corrected chi connectivity index (χ2v) is 2.40. The summed E-state index contributed by atoms with van der Waals surface area (Å²) < 4.78 is 9.95. The van der Waals surface area contributed by atoms with Gasteiger partial charge in [0.25, 0.3) is 0 Å². The quantitative estimate of drug-likeness (QED) is 0.524. The number of carbonyl (C=O) groups is 1. The maximum absolute atomic E-state index is 11.0. The van der Waals surface area contributed by atoms with Crippen molar-refractivity contribution in [3.8, 4) is 11.5 Å². The maximum atomic E-state index is 11.0. The minimum atomic E-state index is -0.280. The Morgan fingerprint density at radius 2 is 2.38 bits per heavy atom. The molecule has 0 aliphatic carbocycles. The van der Waals surface area contributed by atoms with E-state index in [0.717, 1.165) is 0 Å². The Hall–Kier alpha value is -1.51. The lowest BCUT2D eigenvalue weighted by Gasteiger charge is -2.06. The first-order valence-electron chi connectivity index (χ1n) is 4.03. The van der Waals surface area contributed by atoms with Crippen LogP contribution in [0.2, 0.25) is 0 Å². The fourth-order valence-corrected chi connectivity index (χ4v) is 0.841. The summed E-state index contributed by atoms with van der Waals surface area (Å²) in [6.07, 6.45) is 0.345. The number of carbonyl (C=O) groups excluding carboxylic acids is 1. The molecule has 0 atom stereocenters. The van der Waals surface area contributed by atoms with E-state index in [1.54, 1.807) is 25.1 Å². The Morgan fingerprint density at radius 1 is 1.62 bits per heavy atom. The molecule has 0 aromatic heterocycles. The van der Waals surface area contributed by atoms with Crippen LogP contribution in [-0.4, -0.2) is 13.1 Å². The highest BCUT2D eigenvalue weighted by Gasteiger charge is 2.06. The first-order valence-corrected chi connectivity index (χ1v) is 4.03. The third-order valence-corrected chi connectivity index (χ3v) is 1.50. The summed E-state index contributed by atoms with van der Waals surface area (Å²) >= 11 is 0. The van der Waals surface area contributed by atoms with E-state index in [0.29, 0.717) is 17.9 Å². The van der Waals surface area contributed by atoms with Crippen molar-refractivity contribution in [3.05, 3.63) is 24.3 Å². The molecular weight excluding hydrogens is 168 g/mol. The summed E-state index contributed by atoms with van der Waals surface area (Å²) in [6, 6.07) is 7.92. The van der Waals surface area contributed by atoms with E-state index in [1.165, 1.54) is 7.11 Å². The highest BCUT2D eigenvalue weighted by atomic mass is 16.6. The van der Waals surface area contributed by atoms with Crippen molar-refractivity contribution >= 4 is 5.97 Å². The fourth-order valence-electron chi connectivity index (χ4n) is 0.841. The largest absolute Gasteiger partial charge is 0.492 e. The molecule has 0 unspecified atom stereocenters. The fraction of sp³-hybridized carbons (Fsp3) is 0.300. The van der Waals surface area contributed by atoms with E-state index in [4.69, 9.17) is 9.47 Å². The standard InChI is InChI=1S/C10H11O3/c1-3-10(11)13-9-7-5-4-6-8(9)12-2/h4-5,7H,3H2,1-2H3. The van der Waals surface area contributed by atoms with Crippen LogP contribution in [0.15, 0.2) is 18.2 Å². The third-order valence-electron chi connectivity index (χ3n) is 1.50. The second-order valence-electron chi connectivity index (χ2n) is 2.40. The van der Waals surface area contributed by atoms with Crippen molar-refractivity contribution in [1.82, 2.24) is 0 Å². The van der Waals surface area contributed by atoms with E-state index in [2.05, 4.69) is 6.07 Å². The minimum Gasteiger partial charge on any atom is -0.492 e. The van der Waals surface area contributed by atoms with Gasteiger partial charge in [0.05, 0.1) is 7.11 Å². The molecule has 13 heavy (non-hydrogen) atoms. The highest BCUT2D eigenvalue weighted by molar-refractivity contribution is 5.72. The van der Waals surface area contributed by atoms with Gasteiger partial charge in [0.1, 0.15) is 0 Å². The summed E-state index contributed by atoms with van der Waals surface area (Å²) in [7, 11) is 1.51. The zero-order valence-electron chi connectivity index (χ0n) is 7.66. The topological polar surface area (TPSA) is 35.5 Å². The van der Waals surface area contributed by atoms with Crippen molar-refractivity contribution in [1.29, 1.82) is 0 Å². The Kier molecular flexibility index (Phi) is 3.31. The van der Waals surface area contributed by atoms with Gasteiger partial charge in [-0.25, -0.2) is 0 Å². The van der Waals surface area contributed by atoms with E-state index >= 15 is 0 Å². The second kappa shape index (κ2) is 4.50. The summed E-state index contributed by atoms with van der Waals surface area (Å²) in [5, 5.41) is 0. The summed E-state index contributed by atoms with van der Waals surface area (Å²) in [5.74, 6) is 0.582. The van der Waals surface area contributed by atoms with Crippen LogP contribution in [0.5, 0.6) is 11.5 Å². The van der Waals surface area contributed by atoms with Crippen LogP contribution in [0.4, 0.5) is 0 Å². The molecule has 0 fully saturated rings. The molecule has 0 aliphatic heterocycles. The van der Waals surface area contributed by atoms with Gasteiger partial charge in [0.2, 0.25) is 0 Å².